The number of carbonyl (C=O) groups is 2. The van der Waals surface area contributed by atoms with Gasteiger partial charge in [0.1, 0.15) is 23.8 Å². The van der Waals surface area contributed by atoms with Gasteiger partial charge in [-0.1, -0.05) is 0 Å². The summed E-state index contributed by atoms with van der Waals surface area (Å²) in [6, 6.07) is 5.36. The fourth-order valence-electron chi connectivity index (χ4n) is 2.06. The maximum atomic E-state index is 11.3. The number of benzene rings is 1. The minimum atomic E-state index is -0.824. The minimum Gasteiger partial charge on any atom is -0.491 e. The number of ether oxygens (including phenoxy) is 1. The molecule has 0 aromatic heterocycles. The van der Waals surface area contributed by atoms with Gasteiger partial charge in [0.2, 0.25) is 11.8 Å². The Hall–Kier alpha value is -1.79. The second-order valence-electron chi connectivity index (χ2n) is 5.19. The molecule has 22 heavy (non-hydrogen) atoms. The lowest BCUT2D eigenvalue weighted by atomic mass is 10.0. The molecular formula is C15H19ClN2O4. The molecule has 1 aliphatic rings. The van der Waals surface area contributed by atoms with Crippen molar-refractivity contribution >= 4 is 29.1 Å². The first kappa shape index (κ1) is 16.6. The van der Waals surface area contributed by atoms with Crippen molar-refractivity contribution in [1.29, 1.82) is 0 Å². The highest BCUT2D eigenvalue weighted by Gasteiger charge is 2.16. The van der Waals surface area contributed by atoms with Crippen molar-refractivity contribution in [2.75, 3.05) is 18.5 Å². The second kappa shape index (κ2) is 7.47. The van der Waals surface area contributed by atoms with Crippen LogP contribution in [0, 0.1) is 0 Å². The Morgan fingerprint density at radius 2 is 2.27 bits per heavy atom. The molecule has 7 heteroatoms. The Bertz CT molecular complexity index is 562. The molecule has 2 rings (SSSR count). The van der Waals surface area contributed by atoms with Gasteiger partial charge in [0.25, 0.3) is 0 Å². The van der Waals surface area contributed by atoms with Crippen LogP contribution in [0.3, 0.4) is 0 Å². The number of rotatable bonds is 6. The first-order chi connectivity index (χ1) is 10.5. The van der Waals surface area contributed by atoms with Gasteiger partial charge in [-0.25, -0.2) is 0 Å². The number of nitrogens with one attached hydrogen (secondary N) is 2. The van der Waals surface area contributed by atoms with E-state index in [1.807, 2.05) is 6.07 Å². The molecule has 3 N–H and O–H groups in total. The molecule has 2 unspecified atom stereocenters. The molecule has 1 aromatic rings. The van der Waals surface area contributed by atoms with Crippen molar-refractivity contribution in [3.63, 3.8) is 0 Å². The number of aliphatic hydroxyl groups is 1. The summed E-state index contributed by atoms with van der Waals surface area (Å²) < 4.78 is 5.51. The number of aliphatic hydroxyl groups excluding tert-OH is 1. The monoisotopic (exact) mass is 326 g/mol. The summed E-state index contributed by atoms with van der Waals surface area (Å²) in [6.07, 6.45) is 0.307. The van der Waals surface area contributed by atoms with Crippen LogP contribution in [0.25, 0.3) is 0 Å². The lowest BCUT2D eigenvalue weighted by Gasteiger charge is -2.18. The van der Waals surface area contributed by atoms with Crippen LogP contribution < -0.4 is 15.4 Å². The second-order valence-corrected chi connectivity index (χ2v) is 5.85. The van der Waals surface area contributed by atoms with Crippen molar-refractivity contribution < 1.29 is 19.4 Å². The van der Waals surface area contributed by atoms with Gasteiger partial charge in [-0.3, -0.25) is 9.59 Å². The van der Waals surface area contributed by atoms with Crippen molar-refractivity contribution in [3.05, 3.63) is 23.8 Å². The molecule has 1 aliphatic heterocycles. The predicted octanol–water partition coefficient (Wildman–Crippen LogP) is 1.05. The van der Waals surface area contributed by atoms with Crippen LogP contribution in [-0.4, -0.2) is 41.6 Å². The van der Waals surface area contributed by atoms with E-state index in [2.05, 4.69) is 10.6 Å². The van der Waals surface area contributed by atoms with E-state index >= 15 is 0 Å². The van der Waals surface area contributed by atoms with Crippen LogP contribution in [0.15, 0.2) is 18.2 Å². The van der Waals surface area contributed by atoms with Gasteiger partial charge in [-0.05, 0) is 37.1 Å². The number of amides is 2. The van der Waals surface area contributed by atoms with Crippen molar-refractivity contribution in [1.82, 2.24) is 5.32 Å². The lowest BCUT2D eigenvalue weighted by Crippen LogP contribution is -2.38. The quantitative estimate of drug-likeness (QED) is 0.682. The van der Waals surface area contributed by atoms with Crippen LogP contribution >= 0.6 is 11.6 Å². The first-order valence-electron chi connectivity index (χ1n) is 7.11. The van der Waals surface area contributed by atoms with E-state index < -0.39 is 11.5 Å². The molecule has 0 saturated carbocycles. The molecule has 1 aromatic carbocycles. The van der Waals surface area contributed by atoms with Gasteiger partial charge in [0.15, 0.2) is 0 Å². The fourth-order valence-corrected chi connectivity index (χ4v) is 2.14. The zero-order chi connectivity index (χ0) is 16.1. The third-order valence-electron chi connectivity index (χ3n) is 3.29. The average Bonchev–Trinajstić information content (AvgIpc) is 2.50. The van der Waals surface area contributed by atoms with Crippen molar-refractivity contribution in [2.24, 2.45) is 0 Å². The van der Waals surface area contributed by atoms with Gasteiger partial charge in [0, 0.05) is 18.7 Å². The van der Waals surface area contributed by atoms with E-state index in [9.17, 15) is 14.7 Å². The predicted molar refractivity (Wildman–Crippen MR) is 83.2 cm³/mol. The Morgan fingerprint density at radius 1 is 1.50 bits per heavy atom. The van der Waals surface area contributed by atoms with Gasteiger partial charge >= 0.3 is 0 Å². The molecule has 0 fully saturated rings. The highest BCUT2D eigenvalue weighted by atomic mass is 35.5. The third-order valence-corrected chi connectivity index (χ3v) is 3.49. The summed E-state index contributed by atoms with van der Waals surface area (Å²) in [5.41, 5.74) is 1.81. The molecule has 1 heterocycles. The average molecular weight is 327 g/mol. The fraction of sp³-hybridized carbons (Fsp3) is 0.467. The Balaban J connectivity index is 1.82. The molecule has 0 aliphatic carbocycles. The number of carbonyl (C=O) groups excluding carboxylic acids is 2. The molecule has 6 nitrogen and oxygen atoms in total. The van der Waals surface area contributed by atoms with E-state index in [1.54, 1.807) is 19.1 Å². The zero-order valence-corrected chi connectivity index (χ0v) is 13.0. The summed E-state index contributed by atoms with van der Waals surface area (Å²) in [5, 5.41) is 14.5. The van der Waals surface area contributed by atoms with Crippen molar-refractivity contribution in [2.45, 2.75) is 31.2 Å². The van der Waals surface area contributed by atoms with Crippen LogP contribution in [-0.2, 0) is 16.0 Å². The largest absolute Gasteiger partial charge is 0.491 e. The van der Waals surface area contributed by atoms with Crippen LogP contribution in [0.2, 0.25) is 0 Å². The van der Waals surface area contributed by atoms with Crippen LogP contribution in [0.1, 0.15) is 18.9 Å². The zero-order valence-electron chi connectivity index (χ0n) is 12.3. The Labute approximate surface area is 133 Å². The SMILES string of the molecule is CC(Cl)C(=O)NCC(O)COc1ccc2c(c1)CCC(=O)N2. The molecule has 0 radical (unpaired) electrons. The molecule has 0 saturated heterocycles. The number of hydrogen-bond acceptors (Lipinski definition) is 4. The maximum absolute atomic E-state index is 11.3. The van der Waals surface area contributed by atoms with E-state index in [0.29, 0.717) is 18.6 Å². The molecule has 2 atom stereocenters. The molecule has 0 spiro atoms. The summed E-state index contributed by atoms with van der Waals surface area (Å²) in [7, 11) is 0. The number of halogens is 1. The molecule has 120 valence electrons. The van der Waals surface area contributed by atoms with E-state index in [1.165, 1.54) is 0 Å². The maximum Gasteiger partial charge on any atom is 0.237 e. The third kappa shape index (κ3) is 4.61. The summed E-state index contributed by atoms with van der Waals surface area (Å²) in [6.45, 7) is 1.70. The van der Waals surface area contributed by atoms with Crippen LogP contribution in [0.5, 0.6) is 5.75 Å². The normalized spacial score (nSPS) is 16.2. The van der Waals surface area contributed by atoms with Gasteiger partial charge in [-0.2, -0.15) is 0 Å². The van der Waals surface area contributed by atoms with Gasteiger partial charge in [0.05, 0.1) is 0 Å². The first-order valence-corrected chi connectivity index (χ1v) is 7.55. The number of aryl methyl sites for hydroxylation is 1. The molecular weight excluding hydrogens is 308 g/mol. The van der Waals surface area contributed by atoms with Crippen LogP contribution in [0.4, 0.5) is 5.69 Å². The highest BCUT2D eigenvalue weighted by Crippen LogP contribution is 2.26. The molecule has 0 bridgehead atoms. The minimum absolute atomic E-state index is 0.0147. The number of anilines is 1. The topological polar surface area (TPSA) is 87.7 Å². The Morgan fingerprint density at radius 3 is 3.00 bits per heavy atom. The van der Waals surface area contributed by atoms with E-state index in [0.717, 1.165) is 11.3 Å². The summed E-state index contributed by atoms with van der Waals surface area (Å²) in [5.74, 6) is 0.303. The number of alkyl halides is 1. The van der Waals surface area contributed by atoms with E-state index in [-0.39, 0.29) is 25.0 Å². The highest BCUT2D eigenvalue weighted by molar-refractivity contribution is 6.30. The number of fused-ring (bicyclic) bond motifs is 1. The van der Waals surface area contributed by atoms with E-state index in [4.69, 9.17) is 16.3 Å². The van der Waals surface area contributed by atoms with Gasteiger partial charge in [-0.15, -0.1) is 11.6 Å². The number of hydrogen-bond donors (Lipinski definition) is 3. The van der Waals surface area contributed by atoms with Gasteiger partial charge < -0.3 is 20.5 Å². The standard InChI is InChI=1S/C15H19ClN2O4/c1-9(16)15(21)17-7-11(19)8-22-12-3-4-13-10(6-12)2-5-14(20)18-13/h3-4,6,9,11,19H,2,5,7-8H2,1H3,(H,17,21)(H,18,20). The summed E-state index contributed by atoms with van der Waals surface area (Å²) >= 11 is 5.61. The Kier molecular flexibility index (Phi) is 5.63. The van der Waals surface area contributed by atoms with Crippen molar-refractivity contribution in [3.8, 4) is 5.75 Å². The molecule has 2 amide bonds. The smallest absolute Gasteiger partial charge is 0.237 e. The summed E-state index contributed by atoms with van der Waals surface area (Å²) in [4.78, 5) is 22.6. The lowest BCUT2D eigenvalue weighted by molar-refractivity contribution is -0.121.